The van der Waals surface area contributed by atoms with Crippen LogP contribution in [0.25, 0.3) is 10.2 Å². The van der Waals surface area contributed by atoms with Crippen LogP contribution in [-0.4, -0.2) is 39.8 Å². The predicted molar refractivity (Wildman–Crippen MR) is 101 cm³/mol. The number of nitrogens with zero attached hydrogens (tertiary/aromatic N) is 2. The van der Waals surface area contributed by atoms with Crippen molar-refractivity contribution in [1.82, 2.24) is 15.2 Å². The van der Waals surface area contributed by atoms with Crippen LogP contribution in [0.15, 0.2) is 24.3 Å². The summed E-state index contributed by atoms with van der Waals surface area (Å²) in [7, 11) is 0. The highest BCUT2D eigenvalue weighted by molar-refractivity contribution is 7.22. The summed E-state index contributed by atoms with van der Waals surface area (Å²) in [6.45, 7) is 5.51. The van der Waals surface area contributed by atoms with Gasteiger partial charge in [0, 0.05) is 0 Å². The number of aromatic nitrogens is 1. The standard InChI is InChI=1S/C18H22N4O3S/c1-11(2)8-9-18(3)15(24)22(17(25)21-18)10-14(23)20-16-19-12-6-4-5-7-13(12)26-16/h4-7,11H,8-10H2,1-3H3,(H,21,25)(H,19,20,23)/t18-/m1/s1. The molecular weight excluding hydrogens is 352 g/mol. The topological polar surface area (TPSA) is 91.4 Å². The largest absolute Gasteiger partial charge is 0.325 e. The number of hydrogen-bond acceptors (Lipinski definition) is 5. The van der Waals surface area contributed by atoms with Crippen molar-refractivity contribution < 1.29 is 14.4 Å². The molecule has 2 heterocycles. The molecule has 4 amide bonds. The fourth-order valence-corrected chi connectivity index (χ4v) is 3.75. The van der Waals surface area contributed by atoms with E-state index in [-0.39, 0.29) is 12.5 Å². The molecular formula is C18H22N4O3S. The molecule has 138 valence electrons. The van der Waals surface area contributed by atoms with Gasteiger partial charge >= 0.3 is 6.03 Å². The third kappa shape index (κ3) is 3.70. The van der Waals surface area contributed by atoms with E-state index in [0.29, 0.717) is 17.5 Å². The van der Waals surface area contributed by atoms with Gasteiger partial charge in [0.15, 0.2) is 5.13 Å². The average molecular weight is 374 g/mol. The molecule has 1 atom stereocenters. The first-order valence-electron chi connectivity index (χ1n) is 8.58. The van der Waals surface area contributed by atoms with E-state index >= 15 is 0 Å². The number of benzene rings is 1. The van der Waals surface area contributed by atoms with Crippen molar-refractivity contribution in [3.63, 3.8) is 0 Å². The van der Waals surface area contributed by atoms with Crippen molar-refractivity contribution in [1.29, 1.82) is 0 Å². The third-order valence-electron chi connectivity index (χ3n) is 4.41. The molecule has 1 fully saturated rings. The SMILES string of the molecule is CC(C)CC[C@@]1(C)NC(=O)N(CC(=O)Nc2nc3ccccc3s2)C1=O. The lowest BCUT2D eigenvalue weighted by molar-refractivity contribution is -0.133. The fraction of sp³-hybridized carbons (Fsp3) is 0.444. The summed E-state index contributed by atoms with van der Waals surface area (Å²) >= 11 is 1.35. The van der Waals surface area contributed by atoms with Crippen LogP contribution in [0.2, 0.25) is 0 Å². The van der Waals surface area contributed by atoms with E-state index in [4.69, 9.17) is 0 Å². The van der Waals surface area contributed by atoms with Crippen molar-refractivity contribution in [2.45, 2.75) is 39.2 Å². The second-order valence-corrected chi connectivity index (χ2v) is 8.15. The second kappa shape index (κ2) is 7.03. The molecule has 1 aromatic heterocycles. The van der Waals surface area contributed by atoms with Crippen molar-refractivity contribution in [3.8, 4) is 0 Å². The Hall–Kier alpha value is -2.48. The molecule has 1 aliphatic rings. The van der Waals surface area contributed by atoms with E-state index in [9.17, 15) is 14.4 Å². The van der Waals surface area contributed by atoms with Crippen LogP contribution in [0.1, 0.15) is 33.6 Å². The Bertz CT molecular complexity index is 830. The molecule has 7 nitrogen and oxygen atoms in total. The molecule has 1 aliphatic heterocycles. The predicted octanol–water partition coefficient (Wildman–Crippen LogP) is 2.98. The van der Waals surface area contributed by atoms with Crippen LogP contribution >= 0.6 is 11.3 Å². The van der Waals surface area contributed by atoms with Gasteiger partial charge in [0.25, 0.3) is 5.91 Å². The summed E-state index contributed by atoms with van der Waals surface area (Å²) in [6, 6.07) is 7.02. The van der Waals surface area contributed by atoms with Gasteiger partial charge < -0.3 is 10.6 Å². The first kappa shape index (κ1) is 18.3. The van der Waals surface area contributed by atoms with Crippen LogP contribution in [0.3, 0.4) is 0 Å². The van der Waals surface area contributed by atoms with Crippen molar-refractivity contribution in [3.05, 3.63) is 24.3 Å². The molecule has 2 N–H and O–H groups in total. The monoisotopic (exact) mass is 374 g/mol. The molecule has 0 radical (unpaired) electrons. The molecule has 8 heteroatoms. The van der Waals surface area contributed by atoms with Gasteiger partial charge in [-0.3, -0.25) is 14.5 Å². The lowest BCUT2D eigenvalue weighted by Crippen LogP contribution is -2.44. The van der Waals surface area contributed by atoms with Gasteiger partial charge in [-0.25, -0.2) is 9.78 Å². The number of nitrogens with one attached hydrogen (secondary N) is 2. The number of para-hydroxylation sites is 1. The number of thiazole rings is 1. The summed E-state index contributed by atoms with van der Waals surface area (Å²) < 4.78 is 0.957. The molecule has 0 aliphatic carbocycles. The van der Waals surface area contributed by atoms with Gasteiger partial charge in [-0.1, -0.05) is 37.3 Å². The van der Waals surface area contributed by atoms with E-state index in [2.05, 4.69) is 29.5 Å². The van der Waals surface area contributed by atoms with Gasteiger partial charge in [-0.15, -0.1) is 0 Å². The lowest BCUT2D eigenvalue weighted by Gasteiger charge is -2.22. The van der Waals surface area contributed by atoms with E-state index in [1.807, 2.05) is 24.3 Å². The smallest absolute Gasteiger partial charge is 0.323 e. The van der Waals surface area contributed by atoms with Crippen molar-refractivity contribution in [2.24, 2.45) is 5.92 Å². The van der Waals surface area contributed by atoms with Crippen molar-refractivity contribution >= 4 is 44.5 Å². The average Bonchev–Trinajstić information content (AvgIpc) is 3.07. The quantitative estimate of drug-likeness (QED) is 0.761. The molecule has 1 saturated heterocycles. The minimum atomic E-state index is -0.947. The minimum absolute atomic E-state index is 0.322. The van der Waals surface area contributed by atoms with Gasteiger partial charge in [0.05, 0.1) is 10.2 Å². The number of hydrogen-bond donors (Lipinski definition) is 2. The van der Waals surface area contributed by atoms with Gasteiger partial charge in [0.1, 0.15) is 12.1 Å². The molecule has 1 aromatic carbocycles. The van der Waals surface area contributed by atoms with E-state index in [1.54, 1.807) is 6.92 Å². The highest BCUT2D eigenvalue weighted by Gasteiger charge is 2.47. The Balaban J connectivity index is 1.65. The normalized spacial score (nSPS) is 20.1. The Morgan fingerprint density at radius 2 is 2.08 bits per heavy atom. The summed E-state index contributed by atoms with van der Waals surface area (Å²) in [5.41, 5.74) is -0.152. The number of urea groups is 1. The van der Waals surface area contributed by atoms with E-state index in [1.165, 1.54) is 11.3 Å². The number of anilines is 1. The van der Waals surface area contributed by atoms with Crippen LogP contribution in [0.5, 0.6) is 0 Å². The van der Waals surface area contributed by atoms with E-state index in [0.717, 1.165) is 21.5 Å². The fourth-order valence-electron chi connectivity index (χ4n) is 2.87. The molecule has 2 aromatic rings. The molecule has 26 heavy (non-hydrogen) atoms. The minimum Gasteiger partial charge on any atom is -0.323 e. The highest BCUT2D eigenvalue weighted by atomic mass is 32.1. The zero-order chi connectivity index (χ0) is 18.9. The number of carbonyl (C=O) groups excluding carboxylic acids is 3. The number of imide groups is 1. The number of amides is 4. The molecule has 3 rings (SSSR count). The molecule has 0 bridgehead atoms. The van der Waals surface area contributed by atoms with Crippen LogP contribution in [0, 0.1) is 5.92 Å². The molecule has 0 unspecified atom stereocenters. The van der Waals surface area contributed by atoms with Gasteiger partial charge in [0.2, 0.25) is 5.91 Å². The van der Waals surface area contributed by atoms with Crippen LogP contribution in [0.4, 0.5) is 9.93 Å². The summed E-state index contributed by atoms with van der Waals surface area (Å²) in [4.78, 5) is 42.4. The third-order valence-corrected chi connectivity index (χ3v) is 5.36. The first-order valence-corrected chi connectivity index (χ1v) is 9.40. The zero-order valence-electron chi connectivity index (χ0n) is 15.0. The maximum absolute atomic E-state index is 12.6. The maximum atomic E-state index is 12.6. The van der Waals surface area contributed by atoms with Crippen molar-refractivity contribution in [2.75, 3.05) is 11.9 Å². The number of carbonyl (C=O) groups is 3. The van der Waals surface area contributed by atoms with E-state index < -0.39 is 17.5 Å². The first-order chi connectivity index (χ1) is 12.3. The highest BCUT2D eigenvalue weighted by Crippen LogP contribution is 2.26. The van der Waals surface area contributed by atoms with Gasteiger partial charge in [-0.05, 0) is 37.8 Å². The van der Waals surface area contributed by atoms with Crippen LogP contribution in [-0.2, 0) is 9.59 Å². The maximum Gasteiger partial charge on any atom is 0.325 e. The molecule has 0 saturated carbocycles. The molecule has 0 spiro atoms. The summed E-state index contributed by atoms with van der Waals surface area (Å²) in [6.07, 6.45) is 1.36. The Labute approximate surface area is 155 Å². The summed E-state index contributed by atoms with van der Waals surface area (Å²) in [5, 5.41) is 5.84. The number of rotatable bonds is 6. The van der Waals surface area contributed by atoms with Gasteiger partial charge in [-0.2, -0.15) is 0 Å². The van der Waals surface area contributed by atoms with Crippen LogP contribution < -0.4 is 10.6 Å². The second-order valence-electron chi connectivity index (χ2n) is 7.12. The Morgan fingerprint density at radius 1 is 1.35 bits per heavy atom. The zero-order valence-corrected chi connectivity index (χ0v) is 15.9. The Kier molecular flexibility index (Phi) is 4.95. The Morgan fingerprint density at radius 3 is 2.77 bits per heavy atom. The lowest BCUT2D eigenvalue weighted by atomic mass is 9.92. The summed E-state index contributed by atoms with van der Waals surface area (Å²) in [5.74, 6) is -0.379. The number of fused-ring (bicyclic) bond motifs is 1.